The Bertz CT molecular complexity index is 582. The van der Waals surface area contributed by atoms with Gasteiger partial charge in [0.05, 0.1) is 5.41 Å². The third-order valence-electron chi connectivity index (χ3n) is 7.89. The summed E-state index contributed by atoms with van der Waals surface area (Å²) in [6, 6.07) is 0. The molecule has 4 nitrogen and oxygen atoms in total. The monoisotopic (exact) mass is 334 g/mol. The lowest BCUT2D eigenvalue weighted by Gasteiger charge is -2.53. The molecule has 0 aromatic rings. The van der Waals surface area contributed by atoms with Crippen LogP contribution in [0.2, 0.25) is 0 Å². The molecule has 2 aliphatic heterocycles. The van der Waals surface area contributed by atoms with Crippen molar-refractivity contribution in [1.82, 2.24) is 0 Å². The molecule has 7 atom stereocenters. The van der Waals surface area contributed by atoms with Crippen molar-refractivity contribution in [1.29, 1.82) is 0 Å². The number of carbonyl (C=O) groups is 1. The minimum Gasteiger partial charge on any atom is -0.481 e. The van der Waals surface area contributed by atoms with Gasteiger partial charge in [0.15, 0.2) is 0 Å². The highest BCUT2D eigenvalue weighted by Crippen LogP contribution is 2.67. The second-order valence-electron chi connectivity index (χ2n) is 9.32. The molecule has 0 radical (unpaired) electrons. The first-order valence-corrected chi connectivity index (χ1v) is 9.53. The lowest BCUT2D eigenvalue weighted by molar-refractivity contribution is -0.344. The summed E-state index contributed by atoms with van der Waals surface area (Å²) in [6.07, 6.45) is 6.92. The molecule has 4 heteroatoms. The van der Waals surface area contributed by atoms with E-state index in [-0.39, 0.29) is 35.4 Å². The number of hydrogen-bond acceptors (Lipinski definition) is 3. The van der Waals surface area contributed by atoms with Gasteiger partial charge in [-0.3, -0.25) is 4.79 Å². The molecule has 1 saturated heterocycles. The van der Waals surface area contributed by atoms with E-state index in [2.05, 4.69) is 33.8 Å². The van der Waals surface area contributed by atoms with Crippen LogP contribution in [-0.4, -0.2) is 23.3 Å². The molecule has 24 heavy (non-hydrogen) atoms. The van der Waals surface area contributed by atoms with Crippen LogP contribution in [-0.2, 0) is 14.6 Å². The zero-order chi connectivity index (χ0) is 17.3. The van der Waals surface area contributed by atoms with Crippen molar-refractivity contribution < 1.29 is 19.7 Å². The van der Waals surface area contributed by atoms with Gasteiger partial charge in [0, 0.05) is 5.92 Å². The second-order valence-corrected chi connectivity index (χ2v) is 9.32. The van der Waals surface area contributed by atoms with Gasteiger partial charge in [0.1, 0.15) is 12.2 Å². The lowest BCUT2D eigenvalue weighted by Crippen LogP contribution is -2.55. The Labute approximate surface area is 144 Å². The van der Waals surface area contributed by atoms with Crippen LogP contribution in [0.3, 0.4) is 0 Å². The maximum atomic E-state index is 12.5. The van der Waals surface area contributed by atoms with Crippen molar-refractivity contribution in [2.75, 3.05) is 0 Å². The van der Waals surface area contributed by atoms with Gasteiger partial charge in [0.25, 0.3) is 0 Å². The van der Waals surface area contributed by atoms with Crippen LogP contribution in [0.25, 0.3) is 0 Å². The molecule has 0 aromatic heterocycles. The van der Waals surface area contributed by atoms with Gasteiger partial charge in [-0.2, -0.15) is 0 Å². The molecule has 1 N–H and O–H groups in total. The third-order valence-corrected chi connectivity index (χ3v) is 7.89. The van der Waals surface area contributed by atoms with Crippen molar-refractivity contribution in [3.63, 3.8) is 0 Å². The summed E-state index contributed by atoms with van der Waals surface area (Å²) in [5.74, 6) is 0.540. The van der Waals surface area contributed by atoms with E-state index >= 15 is 0 Å². The van der Waals surface area contributed by atoms with Crippen molar-refractivity contribution in [3.05, 3.63) is 11.6 Å². The van der Waals surface area contributed by atoms with Gasteiger partial charge in [-0.05, 0) is 67.8 Å². The van der Waals surface area contributed by atoms with E-state index in [4.69, 9.17) is 9.78 Å². The lowest BCUT2D eigenvalue weighted by atomic mass is 9.49. The molecule has 0 unspecified atom stereocenters. The van der Waals surface area contributed by atoms with Crippen molar-refractivity contribution >= 4 is 5.97 Å². The van der Waals surface area contributed by atoms with Gasteiger partial charge >= 0.3 is 5.97 Å². The van der Waals surface area contributed by atoms with Crippen molar-refractivity contribution in [3.8, 4) is 0 Å². The van der Waals surface area contributed by atoms with Gasteiger partial charge in [-0.1, -0.05) is 26.8 Å². The first kappa shape index (κ1) is 16.6. The average molecular weight is 334 g/mol. The maximum Gasteiger partial charge on any atom is 0.310 e. The quantitative estimate of drug-likeness (QED) is 0.607. The summed E-state index contributed by atoms with van der Waals surface area (Å²) in [5.41, 5.74) is 0.780. The number of carboxylic acid groups (broad SMARTS) is 1. The van der Waals surface area contributed by atoms with E-state index in [0.717, 1.165) is 32.1 Å². The molecule has 5 rings (SSSR count). The van der Waals surface area contributed by atoms with E-state index in [9.17, 15) is 9.90 Å². The summed E-state index contributed by atoms with van der Waals surface area (Å²) in [6.45, 7) is 8.84. The minimum atomic E-state index is -0.578. The van der Waals surface area contributed by atoms with Crippen LogP contribution in [0.5, 0.6) is 0 Å². The zero-order valence-electron chi connectivity index (χ0n) is 15.2. The Morgan fingerprint density at radius 2 is 2.04 bits per heavy atom. The normalized spacial score (nSPS) is 50.2. The standard InChI is InChI=1S/C20H30O4/c1-11(2)13-5-6-14-17-15-9-12(3)16(24-23-15)10-19(17,4)7-8-20(13,14)18(21)22/h9,11,13-17H,5-8,10H2,1-4H3,(H,21,22)/t13-,14+,15-,16-,17-,19+,20+/m1/s1. The van der Waals surface area contributed by atoms with Crippen LogP contribution >= 0.6 is 0 Å². The smallest absolute Gasteiger partial charge is 0.310 e. The van der Waals surface area contributed by atoms with Crippen molar-refractivity contribution in [2.24, 2.45) is 34.5 Å². The molecular weight excluding hydrogens is 304 g/mol. The number of rotatable bonds is 2. The van der Waals surface area contributed by atoms with E-state index in [0.29, 0.717) is 5.92 Å². The molecule has 2 saturated carbocycles. The number of hydrogen-bond donors (Lipinski definition) is 1. The summed E-state index contributed by atoms with van der Waals surface area (Å²) in [4.78, 5) is 24.0. The number of aliphatic carboxylic acids is 1. The largest absolute Gasteiger partial charge is 0.481 e. The highest BCUT2D eigenvalue weighted by Gasteiger charge is 2.66. The summed E-state index contributed by atoms with van der Waals surface area (Å²) < 4.78 is 0. The minimum absolute atomic E-state index is 0.0378. The third kappa shape index (κ3) is 2.02. The molecule has 3 fully saturated rings. The maximum absolute atomic E-state index is 12.5. The number of carboxylic acids is 1. The van der Waals surface area contributed by atoms with E-state index in [1.165, 1.54) is 5.57 Å². The fourth-order valence-corrected chi connectivity index (χ4v) is 6.76. The Kier molecular flexibility index (Phi) is 3.67. The molecule has 5 aliphatic rings. The molecule has 0 aromatic carbocycles. The molecule has 134 valence electrons. The van der Waals surface area contributed by atoms with E-state index < -0.39 is 11.4 Å². The molecule has 2 heterocycles. The highest BCUT2D eigenvalue weighted by molar-refractivity contribution is 5.76. The zero-order valence-corrected chi connectivity index (χ0v) is 15.2. The predicted molar refractivity (Wildman–Crippen MR) is 90.1 cm³/mol. The highest BCUT2D eigenvalue weighted by atomic mass is 17.2. The number of fused-ring (bicyclic) bond motifs is 2. The molecule has 0 amide bonds. The molecule has 2 bridgehead atoms. The Morgan fingerprint density at radius 1 is 1.29 bits per heavy atom. The molecule has 0 spiro atoms. The Morgan fingerprint density at radius 3 is 2.67 bits per heavy atom. The molecule has 3 aliphatic carbocycles. The fourth-order valence-electron chi connectivity index (χ4n) is 6.76. The topological polar surface area (TPSA) is 55.8 Å². The predicted octanol–water partition coefficient (Wildman–Crippen LogP) is 4.20. The Hall–Kier alpha value is -0.870. The SMILES string of the molecule is CC1=C[C@H]2OO[C@@H]1C[C@]1(C)CC[C@]3(C(=O)O)[C@@H](C(C)C)CC[C@H]3[C@H]21. The van der Waals surface area contributed by atoms with Gasteiger partial charge < -0.3 is 5.11 Å². The second kappa shape index (κ2) is 5.31. The van der Waals surface area contributed by atoms with Gasteiger partial charge in [-0.25, -0.2) is 9.78 Å². The fraction of sp³-hybridized carbons (Fsp3) is 0.850. The van der Waals surface area contributed by atoms with E-state index in [1.54, 1.807) is 0 Å². The summed E-state index contributed by atoms with van der Waals surface area (Å²) >= 11 is 0. The van der Waals surface area contributed by atoms with Crippen LogP contribution in [0.4, 0.5) is 0 Å². The van der Waals surface area contributed by atoms with Crippen molar-refractivity contribution in [2.45, 2.75) is 72.0 Å². The van der Waals surface area contributed by atoms with E-state index in [1.807, 2.05) is 0 Å². The van der Waals surface area contributed by atoms with Gasteiger partial charge in [0.2, 0.25) is 0 Å². The first-order chi connectivity index (χ1) is 11.3. The van der Waals surface area contributed by atoms with Crippen LogP contribution in [0, 0.1) is 34.5 Å². The summed E-state index contributed by atoms with van der Waals surface area (Å²) in [7, 11) is 0. The van der Waals surface area contributed by atoms with Gasteiger partial charge in [-0.15, -0.1) is 0 Å². The Balaban J connectivity index is 1.80. The van der Waals surface area contributed by atoms with Crippen LogP contribution in [0.15, 0.2) is 11.6 Å². The average Bonchev–Trinajstić information content (AvgIpc) is 2.78. The molecular formula is C20H30O4. The van der Waals surface area contributed by atoms with Crippen LogP contribution in [0.1, 0.15) is 59.8 Å². The first-order valence-electron chi connectivity index (χ1n) is 9.53. The summed E-state index contributed by atoms with van der Waals surface area (Å²) in [5, 5.41) is 10.3. The van der Waals surface area contributed by atoms with Crippen LogP contribution < -0.4 is 0 Å².